The molecule has 8 rings (SSSR count). The Bertz CT molecular complexity index is 2580. The monoisotopic (exact) mass is 818 g/mol. The minimum atomic E-state index is -0.647. The molecule has 9 heteroatoms. The summed E-state index contributed by atoms with van der Waals surface area (Å²) in [5, 5.41) is 33.9. The predicted octanol–water partition coefficient (Wildman–Crippen LogP) is 10.1. The van der Waals surface area contributed by atoms with Crippen LogP contribution in [-0.2, 0) is 38.3 Å². The van der Waals surface area contributed by atoms with Gasteiger partial charge in [-0.2, -0.15) is 0 Å². The maximum Gasteiger partial charge on any atom is 0.310 e. The summed E-state index contributed by atoms with van der Waals surface area (Å²) in [6.07, 6.45) is 5.34. The normalized spacial score (nSPS) is 21.1. The average Bonchev–Trinajstić information content (AvgIpc) is 3.25. The minimum absolute atomic E-state index is 0.00131. The Kier molecular flexibility index (Phi) is 11.7. The number of allylic oxidation sites excluding steroid dienone is 1. The summed E-state index contributed by atoms with van der Waals surface area (Å²) in [6, 6.07) is 38.1. The van der Waals surface area contributed by atoms with Gasteiger partial charge in [0.25, 0.3) is 0 Å². The van der Waals surface area contributed by atoms with E-state index in [0.717, 1.165) is 49.7 Å². The standard InChI is InChI=1S/C52H50O9/c1-32(53)60-48-29-42(61-51(57)21-34-14-15-37-22-41(54)28-44(43(37)20-34)35-12-8-5-9-13-35)23-39(36-16-17-46(55)49(26-36)58-2)30-52(19-18-33-10-6-4-7-11-33)31-40-25-47(56)50(59-3)27-38(40)24-45(48)52/h4-20,22,25-28,39,42,45,48,54-56H,21,23-24,29-31H2,1-3H3/b19-18-/t39-,42+,45+,48-,52-/m1/s1. The highest BCUT2D eigenvalue weighted by atomic mass is 16.6. The first-order valence-corrected chi connectivity index (χ1v) is 20.7. The first-order valence-electron chi connectivity index (χ1n) is 20.7. The van der Waals surface area contributed by atoms with E-state index in [1.807, 2.05) is 97.1 Å². The van der Waals surface area contributed by atoms with Crippen LogP contribution in [-0.4, -0.2) is 53.7 Å². The van der Waals surface area contributed by atoms with Crippen LogP contribution in [0.15, 0.2) is 127 Å². The van der Waals surface area contributed by atoms with E-state index in [4.69, 9.17) is 18.9 Å². The molecule has 6 aromatic carbocycles. The van der Waals surface area contributed by atoms with Crippen LogP contribution >= 0.6 is 0 Å². The Labute approximate surface area is 355 Å². The summed E-state index contributed by atoms with van der Waals surface area (Å²) < 4.78 is 23.9. The molecule has 61 heavy (non-hydrogen) atoms. The van der Waals surface area contributed by atoms with Gasteiger partial charge in [-0.25, -0.2) is 0 Å². The molecule has 0 spiro atoms. The number of carbonyl (C=O) groups excluding carboxylic acids is 2. The molecule has 0 saturated heterocycles. The number of esters is 2. The SMILES string of the molecule is COc1cc([C@@H]2C[C@H](OC(=O)Cc3ccc4cc(O)cc(-c5ccccc5)c4c3)C[C@@H](OC(C)=O)[C@@H]3Cc4cc(OC)c(O)cc4C[C@@]3(/C=C\c3ccccc3)C2)ccc1O. The third-order valence-electron chi connectivity index (χ3n) is 12.5. The number of phenolic OH excluding ortho intramolecular Hbond substituents is 3. The molecule has 3 N–H and O–H groups in total. The Morgan fingerprint density at radius 2 is 1.49 bits per heavy atom. The third-order valence-corrected chi connectivity index (χ3v) is 12.5. The largest absolute Gasteiger partial charge is 0.508 e. The van der Waals surface area contributed by atoms with Crippen molar-refractivity contribution in [3.8, 4) is 39.9 Å². The highest BCUT2D eigenvalue weighted by Crippen LogP contribution is 2.54. The number of carbonyl (C=O) groups is 2. The summed E-state index contributed by atoms with van der Waals surface area (Å²) in [6.45, 7) is 1.41. The molecule has 1 saturated carbocycles. The molecule has 0 amide bonds. The molecule has 6 aromatic rings. The van der Waals surface area contributed by atoms with Crippen molar-refractivity contribution in [1.29, 1.82) is 0 Å². The quantitative estimate of drug-likeness (QED) is 0.116. The third kappa shape index (κ3) is 8.92. The Balaban J connectivity index is 1.19. The summed E-state index contributed by atoms with van der Waals surface area (Å²) in [5.41, 5.74) is 5.83. The van der Waals surface area contributed by atoms with E-state index in [-0.39, 0.29) is 41.9 Å². The number of ether oxygens (including phenoxy) is 4. The van der Waals surface area contributed by atoms with Crippen LogP contribution in [0.2, 0.25) is 0 Å². The fraction of sp³-hybridized carbons (Fsp3) is 0.269. The van der Waals surface area contributed by atoms with Crippen LogP contribution in [0.4, 0.5) is 0 Å². The molecule has 0 bridgehead atoms. The van der Waals surface area contributed by atoms with Gasteiger partial charge in [-0.05, 0) is 129 Å². The average molecular weight is 819 g/mol. The number of fused-ring (bicyclic) bond motifs is 3. The van der Waals surface area contributed by atoms with Gasteiger partial charge in [0.05, 0.1) is 20.6 Å². The van der Waals surface area contributed by atoms with Gasteiger partial charge < -0.3 is 34.3 Å². The van der Waals surface area contributed by atoms with Crippen molar-refractivity contribution in [2.75, 3.05) is 14.2 Å². The number of phenols is 3. The molecule has 0 aliphatic heterocycles. The molecule has 0 unspecified atom stereocenters. The number of benzene rings is 6. The number of aromatic hydroxyl groups is 3. The van der Waals surface area contributed by atoms with Gasteiger partial charge >= 0.3 is 11.9 Å². The van der Waals surface area contributed by atoms with Gasteiger partial charge in [-0.3, -0.25) is 9.59 Å². The lowest BCUT2D eigenvalue weighted by atomic mass is 9.56. The lowest BCUT2D eigenvalue weighted by Crippen LogP contribution is -2.49. The summed E-state index contributed by atoms with van der Waals surface area (Å²) >= 11 is 0. The van der Waals surface area contributed by atoms with Crippen molar-refractivity contribution in [2.45, 2.75) is 63.6 Å². The summed E-state index contributed by atoms with van der Waals surface area (Å²) in [5.74, 6) is -0.396. The second-order valence-electron chi connectivity index (χ2n) is 16.4. The molecular formula is C52H50O9. The summed E-state index contributed by atoms with van der Waals surface area (Å²) in [7, 11) is 3.04. The van der Waals surface area contributed by atoms with Gasteiger partial charge in [-0.1, -0.05) is 91.0 Å². The number of rotatable bonds is 10. The fourth-order valence-electron chi connectivity index (χ4n) is 9.67. The molecule has 0 radical (unpaired) electrons. The number of hydrogen-bond acceptors (Lipinski definition) is 9. The lowest BCUT2D eigenvalue weighted by molar-refractivity contribution is -0.161. The van der Waals surface area contributed by atoms with Crippen molar-refractivity contribution in [3.05, 3.63) is 155 Å². The van der Waals surface area contributed by atoms with Crippen LogP contribution in [0.3, 0.4) is 0 Å². The molecule has 2 aliphatic carbocycles. The second kappa shape index (κ2) is 17.5. The maximum absolute atomic E-state index is 14.1. The van der Waals surface area contributed by atoms with E-state index in [9.17, 15) is 24.9 Å². The molecule has 9 nitrogen and oxygen atoms in total. The van der Waals surface area contributed by atoms with Crippen molar-refractivity contribution < 1.29 is 43.9 Å². The Morgan fingerprint density at radius 1 is 0.754 bits per heavy atom. The van der Waals surface area contributed by atoms with Gasteiger partial charge in [0, 0.05) is 19.3 Å². The van der Waals surface area contributed by atoms with E-state index in [2.05, 4.69) is 12.2 Å². The molecule has 0 heterocycles. The second-order valence-corrected chi connectivity index (χ2v) is 16.4. The maximum atomic E-state index is 14.1. The van der Waals surface area contributed by atoms with Gasteiger partial charge in [0.1, 0.15) is 18.0 Å². The topological polar surface area (TPSA) is 132 Å². The van der Waals surface area contributed by atoms with E-state index >= 15 is 0 Å². The van der Waals surface area contributed by atoms with Crippen LogP contribution in [0.1, 0.15) is 59.9 Å². The molecule has 0 aromatic heterocycles. The van der Waals surface area contributed by atoms with E-state index < -0.39 is 29.6 Å². The minimum Gasteiger partial charge on any atom is -0.508 e. The van der Waals surface area contributed by atoms with Crippen LogP contribution < -0.4 is 9.47 Å². The molecule has 2 aliphatic rings. The Morgan fingerprint density at radius 3 is 2.23 bits per heavy atom. The van der Waals surface area contributed by atoms with Crippen LogP contribution in [0.25, 0.3) is 28.0 Å². The molecular weight excluding hydrogens is 769 g/mol. The number of methoxy groups -OCH3 is 2. The van der Waals surface area contributed by atoms with Crippen molar-refractivity contribution in [2.24, 2.45) is 11.3 Å². The molecule has 5 atom stereocenters. The van der Waals surface area contributed by atoms with Gasteiger partial charge in [0.2, 0.25) is 0 Å². The van der Waals surface area contributed by atoms with Crippen molar-refractivity contribution in [1.82, 2.24) is 0 Å². The van der Waals surface area contributed by atoms with Gasteiger partial charge in [0.15, 0.2) is 23.0 Å². The first kappa shape index (κ1) is 41.0. The van der Waals surface area contributed by atoms with E-state index in [0.29, 0.717) is 37.2 Å². The van der Waals surface area contributed by atoms with Crippen LogP contribution in [0.5, 0.6) is 28.7 Å². The highest BCUT2D eigenvalue weighted by Gasteiger charge is 2.50. The zero-order valence-electron chi connectivity index (χ0n) is 34.5. The fourth-order valence-corrected chi connectivity index (χ4v) is 9.67. The highest BCUT2D eigenvalue weighted by molar-refractivity contribution is 5.98. The number of hydrogen-bond donors (Lipinski definition) is 3. The smallest absolute Gasteiger partial charge is 0.310 e. The Hall–Kier alpha value is -6.74. The lowest BCUT2D eigenvalue weighted by Gasteiger charge is -2.50. The zero-order chi connectivity index (χ0) is 42.7. The van der Waals surface area contributed by atoms with Crippen molar-refractivity contribution >= 4 is 28.8 Å². The van der Waals surface area contributed by atoms with Crippen LogP contribution in [0, 0.1) is 11.3 Å². The molecule has 1 fully saturated rings. The van der Waals surface area contributed by atoms with Crippen molar-refractivity contribution in [3.63, 3.8) is 0 Å². The van der Waals surface area contributed by atoms with Gasteiger partial charge in [-0.15, -0.1) is 0 Å². The predicted molar refractivity (Wildman–Crippen MR) is 235 cm³/mol. The molecule has 312 valence electrons. The van der Waals surface area contributed by atoms with E-state index in [1.54, 1.807) is 24.3 Å². The van der Waals surface area contributed by atoms with E-state index in [1.165, 1.54) is 21.1 Å². The first-order chi connectivity index (χ1) is 29.5. The summed E-state index contributed by atoms with van der Waals surface area (Å²) in [4.78, 5) is 27.2. The zero-order valence-corrected chi connectivity index (χ0v) is 34.5.